The minimum atomic E-state index is -0.280. The van der Waals surface area contributed by atoms with Crippen LogP contribution in [0.25, 0.3) is 0 Å². The van der Waals surface area contributed by atoms with Crippen molar-refractivity contribution in [1.29, 1.82) is 0 Å². The first kappa shape index (κ1) is 12.7. The molecule has 0 saturated carbocycles. The fourth-order valence-corrected chi connectivity index (χ4v) is 1.99. The van der Waals surface area contributed by atoms with Crippen molar-refractivity contribution in [3.63, 3.8) is 0 Å². The van der Waals surface area contributed by atoms with Crippen molar-refractivity contribution >= 4 is 15.9 Å². The van der Waals surface area contributed by atoms with Gasteiger partial charge in [0.25, 0.3) is 0 Å². The van der Waals surface area contributed by atoms with Gasteiger partial charge in [-0.15, -0.1) is 0 Å². The molecule has 2 unspecified atom stereocenters. The minimum absolute atomic E-state index is 0.252. The highest BCUT2D eigenvalue weighted by Crippen LogP contribution is 2.24. The summed E-state index contributed by atoms with van der Waals surface area (Å²) in [5.41, 5.74) is 2.20. The van der Waals surface area contributed by atoms with Crippen LogP contribution in [0.4, 0.5) is 0 Å². The molecule has 0 aromatic carbocycles. The first-order valence-electron chi connectivity index (χ1n) is 5.37. The van der Waals surface area contributed by atoms with Crippen LogP contribution in [0.15, 0.2) is 4.47 Å². The summed E-state index contributed by atoms with van der Waals surface area (Å²) in [6.07, 6.45) is 0.574. The van der Waals surface area contributed by atoms with Crippen LogP contribution in [-0.4, -0.2) is 21.0 Å². The van der Waals surface area contributed by atoms with Crippen LogP contribution in [0, 0.1) is 12.8 Å². The van der Waals surface area contributed by atoms with Gasteiger partial charge in [0, 0.05) is 6.54 Å². The van der Waals surface area contributed by atoms with Gasteiger partial charge in [-0.2, -0.15) is 5.10 Å². The summed E-state index contributed by atoms with van der Waals surface area (Å²) in [5.74, 6) is 0.252. The maximum absolute atomic E-state index is 9.50. The van der Waals surface area contributed by atoms with Crippen LogP contribution < -0.4 is 0 Å². The van der Waals surface area contributed by atoms with Crippen molar-refractivity contribution in [3.05, 3.63) is 15.9 Å². The molecule has 0 aliphatic heterocycles. The lowest BCUT2D eigenvalue weighted by atomic mass is 10.00. The van der Waals surface area contributed by atoms with E-state index in [9.17, 15) is 5.11 Å². The Morgan fingerprint density at radius 2 is 2.07 bits per heavy atom. The van der Waals surface area contributed by atoms with Crippen molar-refractivity contribution in [2.75, 3.05) is 0 Å². The Bertz CT molecular complexity index is 334. The van der Waals surface area contributed by atoms with Crippen LogP contribution >= 0.6 is 15.9 Å². The number of aryl methyl sites for hydroxylation is 2. The number of hydrogen-bond donors (Lipinski definition) is 1. The number of hydrogen-bond acceptors (Lipinski definition) is 2. The molecule has 0 bridgehead atoms. The number of aromatic nitrogens is 2. The largest absolute Gasteiger partial charge is 0.393 e. The van der Waals surface area contributed by atoms with Gasteiger partial charge >= 0.3 is 0 Å². The first-order chi connectivity index (χ1) is 6.97. The lowest BCUT2D eigenvalue weighted by molar-refractivity contribution is 0.134. The van der Waals surface area contributed by atoms with Gasteiger partial charge in [0.15, 0.2) is 0 Å². The Morgan fingerprint density at radius 3 is 2.53 bits per heavy atom. The lowest BCUT2D eigenvalue weighted by Gasteiger charge is -2.15. The van der Waals surface area contributed by atoms with Gasteiger partial charge in [0.05, 0.1) is 22.0 Å². The fourth-order valence-electron chi connectivity index (χ4n) is 1.54. The zero-order chi connectivity index (χ0) is 11.6. The molecule has 1 aromatic rings. The molecule has 4 heteroatoms. The molecule has 0 saturated heterocycles. The molecule has 0 fully saturated rings. The van der Waals surface area contributed by atoms with E-state index in [0.717, 1.165) is 23.1 Å². The lowest BCUT2D eigenvalue weighted by Crippen LogP contribution is -2.18. The quantitative estimate of drug-likeness (QED) is 0.917. The molecule has 1 N–H and O–H groups in total. The third-order valence-electron chi connectivity index (χ3n) is 2.79. The molecular formula is C11H19BrN2O. The van der Waals surface area contributed by atoms with E-state index in [4.69, 9.17) is 0 Å². The minimum Gasteiger partial charge on any atom is -0.393 e. The van der Waals surface area contributed by atoms with E-state index in [1.807, 2.05) is 18.5 Å². The summed E-state index contributed by atoms with van der Waals surface area (Å²) in [6, 6.07) is 0. The molecule has 2 atom stereocenters. The summed E-state index contributed by atoms with van der Waals surface area (Å²) in [5, 5.41) is 13.9. The van der Waals surface area contributed by atoms with Crippen molar-refractivity contribution in [2.24, 2.45) is 5.92 Å². The van der Waals surface area contributed by atoms with E-state index >= 15 is 0 Å². The molecule has 0 radical (unpaired) electrons. The van der Waals surface area contributed by atoms with Crippen LogP contribution in [0.2, 0.25) is 0 Å². The van der Waals surface area contributed by atoms with Crippen molar-refractivity contribution in [1.82, 2.24) is 9.78 Å². The Balaban J connectivity index is 2.92. The standard InChI is InChI=1S/C11H19BrN2O/c1-5-14-10(6-7(2)9(4)15)11(12)8(3)13-14/h7,9,15H,5-6H2,1-4H3. The SMILES string of the molecule is CCn1nc(C)c(Br)c1CC(C)C(C)O. The number of halogens is 1. The molecular weight excluding hydrogens is 256 g/mol. The Labute approximate surface area is 99.6 Å². The summed E-state index contributed by atoms with van der Waals surface area (Å²) in [7, 11) is 0. The third-order valence-corrected chi connectivity index (χ3v) is 3.82. The van der Waals surface area contributed by atoms with Gasteiger partial charge in [0.2, 0.25) is 0 Å². The summed E-state index contributed by atoms with van der Waals surface area (Å²) in [4.78, 5) is 0. The highest BCUT2D eigenvalue weighted by Gasteiger charge is 2.17. The highest BCUT2D eigenvalue weighted by atomic mass is 79.9. The topological polar surface area (TPSA) is 38.0 Å². The normalized spacial score (nSPS) is 15.3. The number of nitrogens with zero attached hydrogens (tertiary/aromatic N) is 2. The molecule has 86 valence electrons. The van der Waals surface area contributed by atoms with Crippen LogP contribution in [-0.2, 0) is 13.0 Å². The summed E-state index contributed by atoms with van der Waals surface area (Å²) >= 11 is 3.55. The van der Waals surface area contributed by atoms with Crippen LogP contribution in [0.1, 0.15) is 32.2 Å². The maximum Gasteiger partial charge on any atom is 0.0738 e. The monoisotopic (exact) mass is 274 g/mol. The number of aliphatic hydroxyl groups is 1. The van der Waals surface area contributed by atoms with Gasteiger partial charge in [0.1, 0.15) is 0 Å². The predicted octanol–water partition coefficient (Wildman–Crippen LogP) is 2.53. The molecule has 0 aliphatic rings. The molecule has 1 aromatic heterocycles. The zero-order valence-corrected chi connectivity index (χ0v) is 11.4. The van der Waals surface area contributed by atoms with E-state index in [0.29, 0.717) is 0 Å². The molecule has 0 amide bonds. The van der Waals surface area contributed by atoms with Crippen molar-refractivity contribution in [3.8, 4) is 0 Å². The second kappa shape index (κ2) is 5.12. The van der Waals surface area contributed by atoms with E-state index in [2.05, 4.69) is 34.9 Å². The Hall–Kier alpha value is -0.350. The molecule has 15 heavy (non-hydrogen) atoms. The fraction of sp³-hybridized carbons (Fsp3) is 0.727. The Kier molecular flexibility index (Phi) is 4.34. The molecule has 1 heterocycles. The van der Waals surface area contributed by atoms with E-state index < -0.39 is 0 Å². The maximum atomic E-state index is 9.50. The van der Waals surface area contributed by atoms with Crippen LogP contribution in [0.5, 0.6) is 0 Å². The smallest absolute Gasteiger partial charge is 0.0738 e. The second-order valence-electron chi connectivity index (χ2n) is 4.08. The molecule has 0 spiro atoms. The molecule has 0 aliphatic carbocycles. The van der Waals surface area contributed by atoms with E-state index in [1.54, 1.807) is 0 Å². The van der Waals surface area contributed by atoms with Gasteiger partial charge in [-0.25, -0.2) is 0 Å². The summed E-state index contributed by atoms with van der Waals surface area (Å²) in [6.45, 7) is 8.83. The zero-order valence-electron chi connectivity index (χ0n) is 9.79. The first-order valence-corrected chi connectivity index (χ1v) is 6.16. The van der Waals surface area contributed by atoms with E-state index in [1.165, 1.54) is 5.69 Å². The predicted molar refractivity (Wildman–Crippen MR) is 64.9 cm³/mol. The van der Waals surface area contributed by atoms with Gasteiger partial charge in [-0.05, 0) is 49.0 Å². The third kappa shape index (κ3) is 2.82. The van der Waals surface area contributed by atoms with Gasteiger partial charge < -0.3 is 5.11 Å². The van der Waals surface area contributed by atoms with Gasteiger partial charge in [-0.1, -0.05) is 6.92 Å². The Morgan fingerprint density at radius 1 is 1.47 bits per heavy atom. The second-order valence-corrected chi connectivity index (χ2v) is 4.88. The molecule has 1 rings (SSSR count). The van der Waals surface area contributed by atoms with Crippen molar-refractivity contribution in [2.45, 2.75) is 46.8 Å². The van der Waals surface area contributed by atoms with Gasteiger partial charge in [-0.3, -0.25) is 4.68 Å². The number of rotatable bonds is 4. The molecule has 3 nitrogen and oxygen atoms in total. The average Bonchev–Trinajstić information content (AvgIpc) is 2.45. The van der Waals surface area contributed by atoms with E-state index in [-0.39, 0.29) is 12.0 Å². The average molecular weight is 275 g/mol. The van der Waals surface area contributed by atoms with Crippen LogP contribution in [0.3, 0.4) is 0 Å². The summed E-state index contributed by atoms with van der Waals surface area (Å²) < 4.78 is 3.08. The number of aliphatic hydroxyl groups excluding tert-OH is 1. The highest BCUT2D eigenvalue weighted by molar-refractivity contribution is 9.10. The van der Waals surface area contributed by atoms with Crippen molar-refractivity contribution < 1.29 is 5.11 Å².